The highest BCUT2D eigenvalue weighted by Gasteiger charge is 2.16. The number of amides is 1. The molecule has 2 heterocycles. The summed E-state index contributed by atoms with van der Waals surface area (Å²) in [6.45, 7) is 2.91. The summed E-state index contributed by atoms with van der Waals surface area (Å²) in [5.41, 5.74) is 10.7. The van der Waals surface area contributed by atoms with Crippen LogP contribution in [0.3, 0.4) is 0 Å². The first-order valence-electron chi connectivity index (χ1n) is 10.1. The lowest BCUT2D eigenvalue weighted by molar-refractivity contribution is 0.0952. The van der Waals surface area contributed by atoms with Crippen LogP contribution in [0.4, 0.5) is 20.3 Å². The number of carbonyl (C=O) groups excluding carboxylic acids is 1. The van der Waals surface area contributed by atoms with Gasteiger partial charge < -0.3 is 21.4 Å². The maximum atomic E-state index is 13.5. The molecule has 0 bridgehead atoms. The molecule has 9 nitrogen and oxygen atoms in total. The Balaban J connectivity index is 1.62. The third kappa shape index (κ3) is 4.98. The zero-order valence-corrected chi connectivity index (χ0v) is 17.2. The van der Waals surface area contributed by atoms with Crippen LogP contribution in [0, 0.1) is 11.6 Å². The Morgan fingerprint density at radius 2 is 1.87 bits per heavy atom. The molecule has 0 atom stereocenters. The van der Waals surface area contributed by atoms with Gasteiger partial charge in [-0.25, -0.2) is 18.6 Å². The summed E-state index contributed by atoms with van der Waals surface area (Å²) in [6.07, 6.45) is 3.90. The number of H-pyrrole nitrogens is 1. The smallest absolute Gasteiger partial charge is 0.348 e. The number of aromatic amines is 1. The number of hydrogen-bond acceptors (Lipinski definition) is 6. The van der Waals surface area contributed by atoms with Crippen LogP contribution < -0.4 is 22.5 Å². The minimum Gasteiger partial charge on any atom is -0.394 e. The molecule has 0 aliphatic rings. The van der Waals surface area contributed by atoms with E-state index >= 15 is 0 Å². The standard InChI is InChI=1S/C20H25F2N7O2/c1-2-3-6-14-26-16-17(24)27-20(31)28-18(16)29(14)8-5-4-7-25-19(30)11-9-12(21)15(23)13(22)10-11/h9-10H,2-8,23H2,1H3,(H,25,30)(H3,24,27,28,31). The van der Waals surface area contributed by atoms with Gasteiger partial charge in [0, 0.05) is 25.1 Å². The molecule has 1 aromatic carbocycles. The van der Waals surface area contributed by atoms with Crippen molar-refractivity contribution in [3.05, 3.63) is 45.6 Å². The van der Waals surface area contributed by atoms with Crippen molar-refractivity contribution < 1.29 is 13.6 Å². The first-order valence-corrected chi connectivity index (χ1v) is 10.1. The van der Waals surface area contributed by atoms with E-state index in [1.165, 1.54) is 0 Å². The number of aromatic nitrogens is 4. The second kappa shape index (κ2) is 9.54. The molecule has 0 aliphatic carbocycles. The molecular formula is C20H25F2N7O2. The number of anilines is 2. The maximum Gasteiger partial charge on any atom is 0.348 e. The van der Waals surface area contributed by atoms with Crippen molar-refractivity contribution in [1.29, 1.82) is 0 Å². The zero-order valence-electron chi connectivity index (χ0n) is 17.2. The SMILES string of the molecule is CCCCc1nc2c(N)[nH]c(=O)nc2n1CCCCNC(=O)c1cc(F)c(N)c(F)c1. The zero-order chi connectivity index (χ0) is 22.5. The molecule has 166 valence electrons. The number of carbonyl (C=O) groups is 1. The summed E-state index contributed by atoms with van der Waals surface area (Å²) in [6, 6.07) is 1.80. The summed E-state index contributed by atoms with van der Waals surface area (Å²) in [5, 5.41) is 2.63. The monoisotopic (exact) mass is 433 g/mol. The Labute approximate surface area is 176 Å². The van der Waals surface area contributed by atoms with E-state index in [1.54, 1.807) is 0 Å². The third-order valence-electron chi connectivity index (χ3n) is 4.91. The Kier molecular flexibility index (Phi) is 6.83. The molecule has 3 aromatic rings. The average Bonchev–Trinajstić information content (AvgIpc) is 3.07. The number of aryl methyl sites for hydroxylation is 2. The van der Waals surface area contributed by atoms with Crippen molar-refractivity contribution in [1.82, 2.24) is 24.8 Å². The largest absolute Gasteiger partial charge is 0.394 e. The summed E-state index contributed by atoms with van der Waals surface area (Å²) in [7, 11) is 0. The third-order valence-corrected chi connectivity index (χ3v) is 4.91. The molecule has 11 heteroatoms. The Bertz CT molecular complexity index is 1130. The molecule has 0 saturated heterocycles. The van der Waals surface area contributed by atoms with Crippen LogP contribution >= 0.6 is 0 Å². The van der Waals surface area contributed by atoms with Crippen molar-refractivity contribution in [2.45, 2.75) is 45.6 Å². The van der Waals surface area contributed by atoms with Crippen LogP contribution in [0.5, 0.6) is 0 Å². The van der Waals surface area contributed by atoms with Crippen molar-refractivity contribution in [2.75, 3.05) is 18.0 Å². The number of rotatable bonds is 9. The summed E-state index contributed by atoms with van der Waals surface area (Å²) in [5.74, 6) is -1.55. The van der Waals surface area contributed by atoms with E-state index in [2.05, 4.69) is 27.2 Å². The van der Waals surface area contributed by atoms with Crippen LogP contribution in [0.2, 0.25) is 0 Å². The van der Waals surface area contributed by atoms with E-state index < -0.39 is 28.9 Å². The highest BCUT2D eigenvalue weighted by Crippen LogP contribution is 2.19. The Morgan fingerprint density at radius 3 is 2.55 bits per heavy atom. The predicted molar refractivity (Wildman–Crippen MR) is 114 cm³/mol. The average molecular weight is 433 g/mol. The van der Waals surface area contributed by atoms with E-state index in [0.717, 1.165) is 37.2 Å². The van der Waals surface area contributed by atoms with Gasteiger partial charge in [-0.3, -0.25) is 9.78 Å². The number of nitrogens with one attached hydrogen (secondary N) is 2. The van der Waals surface area contributed by atoms with Crippen molar-refractivity contribution >= 4 is 28.6 Å². The van der Waals surface area contributed by atoms with Crippen molar-refractivity contribution in [3.8, 4) is 0 Å². The lowest BCUT2D eigenvalue weighted by Crippen LogP contribution is -2.25. The van der Waals surface area contributed by atoms with Gasteiger partial charge in [-0.1, -0.05) is 13.3 Å². The number of hydrogen-bond donors (Lipinski definition) is 4. The van der Waals surface area contributed by atoms with Crippen LogP contribution in [-0.4, -0.2) is 32.0 Å². The number of nitrogens with zero attached hydrogens (tertiary/aromatic N) is 3. The van der Waals surface area contributed by atoms with Gasteiger partial charge in [-0.05, 0) is 31.4 Å². The van der Waals surface area contributed by atoms with Gasteiger partial charge in [-0.15, -0.1) is 0 Å². The van der Waals surface area contributed by atoms with Gasteiger partial charge in [0.25, 0.3) is 5.91 Å². The Hall–Kier alpha value is -3.50. The van der Waals surface area contributed by atoms with Crippen LogP contribution in [0.25, 0.3) is 11.2 Å². The molecule has 31 heavy (non-hydrogen) atoms. The normalized spacial score (nSPS) is 11.2. The molecule has 3 rings (SSSR count). The number of imidazole rings is 1. The Morgan fingerprint density at radius 1 is 1.16 bits per heavy atom. The lowest BCUT2D eigenvalue weighted by atomic mass is 10.1. The lowest BCUT2D eigenvalue weighted by Gasteiger charge is -2.09. The van der Waals surface area contributed by atoms with Gasteiger partial charge in [0.1, 0.15) is 34.5 Å². The molecule has 1 amide bonds. The molecule has 0 saturated carbocycles. The summed E-state index contributed by atoms with van der Waals surface area (Å²) >= 11 is 0. The van der Waals surface area contributed by atoms with E-state index in [0.29, 0.717) is 37.1 Å². The van der Waals surface area contributed by atoms with Gasteiger partial charge in [0.2, 0.25) is 0 Å². The van der Waals surface area contributed by atoms with Gasteiger partial charge in [-0.2, -0.15) is 4.98 Å². The topological polar surface area (TPSA) is 145 Å². The quantitative estimate of drug-likeness (QED) is 0.300. The number of unbranched alkanes of at least 4 members (excludes halogenated alkanes) is 2. The fraction of sp³-hybridized carbons (Fsp3) is 0.400. The van der Waals surface area contributed by atoms with Crippen LogP contribution in [0.1, 0.15) is 48.8 Å². The van der Waals surface area contributed by atoms with E-state index in [1.807, 2.05) is 4.57 Å². The predicted octanol–water partition coefficient (Wildman–Crippen LogP) is 2.11. The molecule has 0 spiro atoms. The van der Waals surface area contributed by atoms with Crippen LogP contribution in [-0.2, 0) is 13.0 Å². The fourth-order valence-corrected chi connectivity index (χ4v) is 3.26. The first-order chi connectivity index (χ1) is 14.8. The number of halogens is 2. The molecular weight excluding hydrogens is 408 g/mol. The number of fused-ring (bicyclic) bond motifs is 1. The number of nitrogen functional groups attached to an aromatic ring is 2. The first kappa shape index (κ1) is 22.2. The molecule has 2 aromatic heterocycles. The fourth-order valence-electron chi connectivity index (χ4n) is 3.26. The van der Waals surface area contributed by atoms with Crippen molar-refractivity contribution in [2.24, 2.45) is 0 Å². The second-order valence-corrected chi connectivity index (χ2v) is 7.23. The number of benzene rings is 1. The van der Waals surface area contributed by atoms with Crippen molar-refractivity contribution in [3.63, 3.8) is 0 Å². The molecule has 6 N–H and O–H groups in total. The highest BCUT2D eigenvalue weighted by atomic mass is 19.1. The molecule has 0 unspecified atom stereocenters. The summed E-state index contributed by atoms with van der Waals surface area (Å²) in [4.78, 5) is 34.9. The molecule has 0 radical (unpaired) electrons. The molecule has 0 aliphatic heterocycles. The highest BCUT2D eigenvalue weighted by molar-refractivity contribution is 5.94. The second-order valence-electron chi connectivity index (χ2n) is 7.23. The van der Waals surface area contributed by atoms with E-state index in [9.17, 15) is 18.4 Å². The maximum absolute atomic E-state index is 13.5. The molecule has 0 fully saturated rings. The minimum absolute atomic E-state index is 0.134. The summed E-state index contributed by atoms with van der Waals surface area (Å²) < 4.78 is 28.9. The minimum atomic E-state index is -0.974. The van der Waals surface area contributed by atoms with E-state index in [4.69, 9.17) is 11.5 Å². The van der Waals surface area contributed by atoms with Gasteiger partial charge in [0.15, 0.2) is 5.65 Å². The van der Waals surface area contributed by atoms with E-state index in [-0.39, 0.29) is 11.4 Å². The van der Waals surface area contributed by atoms with Gasteiger partial charge in [0.05, 0.1) is 0 Å². The van der Waals surface area contributed by atoms with Gasteiger partial charge >= 0.3 is 5.69 Å². The number of nitrogens with two attached hydrogens (primary N) is 2. The van der Waals surface area contributed by atoms with Crippen LogP contribution in [0.15, 0.2) is 16.9 Å².